The van der Waals surface area contributed by atoms with Crippen molar-refractivity contribution in [2.24, 2.45) is 0 Å². The summed E-state index contributed by atoms with van der Waals surface area (Å²) in [5, 5.41) is 3.30. The molecule has 27 heavy (non-hydrogen) atoms. The van der Waals surface area contributed by atoms with E-state index in [1.807, 2.05) is 44.2 Å². The van der Waals surface area contributed by atoms with Crippen molar-refractivity contribution in [3.63, 3.8) is 0 Å². The van der Waals surface area contributed by atoms with Crippen LogP contribution in [0.25, 0.3) is 0 Å². The molecule has 1 amide bonds. The van der Waals surface area contributed by atoms with Gasteiger partial charge in [-0.05, 0) is 26.0 Å². The standard InChI is InChI=1S/C19H25N5O3/c1-4-27-19(25)24-10-8-23(9-11-24)18-20-14(2)12-17(22-18)21-15-6-5-7-16(13-15)26-3/h5-7,12-13H,4,8-11H2,1-3H3,(H,20,21,22). The molecule has 1 saturated heterocycles. The molecule has 8 nitrogen and oxygen atoms in total. The minimum Gasteiger partial charge on any atom is -0.497 e. The normalized spacial score (nSPS) is 14.0. The van der Waals surface area contributed by atoms with Gasteiger partial charge in [0.2, 0.25) is 5.95 Å². The molecule has 0 aliphatic carbocycles. The van der Waals surface area contributed by atoms with Gasteiger partial charge < -0.3 is 24.6 Å². The molecule has 1 N–H and O–H groups in total. The van der Waals surface area contributed by atoms with Crippen LogP contribution < -0.4 is 15.0 Å². The molecule has 144 valence electrons. The van der Waals surface area contributed by atoms with Crippen molar-refractivity contribution < 1.29 is 14.3 Å². The number of amides is 1. The Hall–Kier alpha value is -3.03. The van der Waals surface area contributed by atoms with E-state index in [1.165, 1.54) is 0 Å². The van der Waals surface area contributed by atoms with E-state index in [2.05, 4.69) is 20.2 Å². The lowest BCUT2D eigenvalue weighted by Crippen LogP contribution is -2.49. The highest BCUT2D eigenvalue weighted by molar-refractivity contribution is 5.68. The van der Waals surface area contributed by atoms with E-state index in [9.17, 15) is 4.79 Å². The second-order valence-corrected chi connectivity index (χ2v) is 6.22. The van der Waals surface area contributed by atoms with Crippen molar-refractivity contribution >= 4 is 23.5 Å². The number of aryl methyl sites for hydroxylation is 1. The molecule has 2 aromatic rings. The van der Waals surface area contributed by atoms with E-state index in [4.69, 9.17) is 9.47 Å². The summed E-state index contributed by atoms with van der Waals surface area (Å²) < 4.78 is 10.3. The molecule has 0 unspecified atom stereocenters. The molecule has 0 bridgehead atoms. The van der Waals surface area contributed by atoms with E-state index < -0.39 is 0 Å². The Morgan fingerprint density at radius 3 is 2.67 bits per heavy atom. The zero-order chi connectivity index (χ0) is 19.2. The largest absolute Gasteiger partial charge is 0.497 e. The first-order valence-electron chi connectivity index (χ1n) is 9.02. The summed E-state index contributed by atoms with van der Waals surface area (Å²) >= 11 is 0. The number of hydrogen-bond donors (Lipinski definition) is 1. The van der Waals surface area contributed by atoms with Crippen molar-refractivity contribution in [1.29, 1.82) is 0 Å². The minimum atomic E-state index is -0.261. The van der Waals surface area contributed by atoms with Gasteiger partial charge in [-0.1, -0.05) is 6.07 Å². The maximum absolute atomic E-state index is 11.8. The minimum absolute atomic E-state index is 0.261. The molecule has 0 radical (unpaired) electrons. The summed E-state index contributed by atoms with van der Waals surface area (Å²) in [6.45, 7) is 6.66. The van der Waals surface area contributed by atoms with Gasteiger partial charge in [0.1, 0.15) is 11.6 Å². The van der Waals surface area contributed by atoms with Gasteiger partial charge in [-0.3, -0.25) is 0 Å². The quantitative estimate of drug-likeness (QED) is 0.866. The number of benzene rings is 1. The molecule has 1 aliphatic rings. The number of ether oxygens (including phenoxy) is 2. The van der Waals surface area contributed by atoms with Crippen LogP contribution in [-0.2, 0) is 4.74 Å². The fourth-order valence-electron chi connectivity index (χ4n) is 2.91. The number of methoxy groups -OCH3 is 1. The molecule has 2 heterocycles. The lowest BCUT2D eigenvalue weighted by molar-refractivity contribution is 0.105. The van der Waals surface area contributed by atoms with Crippen molar-refractivity contribution in [2.75, 3.05) is 50.1 Å². The zero-order valence-corrected chi connectivity index (χ0v) is 15.9. The Kier molecular flexibility index (Phi) is 5.95. The topological polar surface area (TPSA) is 79.8 Å². The highest BCUT2D eigenvalue weighted by atomic mass is 16.6. The number of carbonyl (C=O) groups excluding carboxylic acids is 1. The van der Waals surface area contributed by atoms with Crippen LogP contribution in [0.1, 0.15) is 12.6 Å². The van der Waals surface area contributed by atoms with Crippen LogP contribution in [0.5, 0.6) is 5.75 Å². The maximum atomic E-state index is 11.8. The number of carbonyl (C=O) groups is 1. The Labute approximate surface area is 159 Å². The Bertz CT molecular complexity index is 791. The van der Waals surface area contributed by atoms with Gasteiger partial charge >= 0.3 is 6.09 Å². The summed E-state index contributed by atoms with van der Waals surface area (Å²) in [5.74, 6) is 2.16. The Morgan fingerprint density at radius 1 is 1.19 bits per heavy atom. The molecule has 0 saturated carbocycles. The number of hydrogen-bond acceptors (Lipinski definition) is 7. The third-order valence-corrected chi connectivity index (χ3v) is 4.27. The third kappa shape index (κ3) is 4.78. The first-order chi connectivity index (χ1) is 13.1. The van der Waals surface area contributed by atoms with E-state index in [1.54, 1.807) is 12.0 Å². The van der Waals surface area contributed by atoms with Gasteiger partial charge in [0.05, 0.1) is 13.7 Å². The summed E-state index contributed by atoms with van der Waals surface area (Å²) in [6.07, 6.45) is -0.261. The number of nitrogens with one attached hydrogen (secondary N) is 1. The number of piperazine rings is 1. The van der Waals surface area contributed by atoms with Gasteiger partial charge in [0.25, 0.3) is 0 Å². The summed E-state index contributed by atoms with van der Waals surface area (Å²) in [7, 11) is 1.64. The Balaban J connectivity index is 1.69. The monoisotopic (exact) mass is 371 g/mol. The van der Waals surface area contributed by atoms with E-state index in [-0.39, 0.29) is 6.09 Å². The van der Waals surface area contributed by atoms with E-state index >= 15 is 0 Å². The zero-order valence-electron chi connectivity index (χ0n) is 15.9. The van der Waals surface area contributed by atoms with Gasteiger partial charge in [-0.15, -0.1) is 0 Å². The van der Waals surface area contributed by atoms with Gasteiger partial charge in [0, 0.05) is 49.7 Å². The molecule has 0 atom stereocenters. The van der Waals surface area contributed by atoms with Gasteiger partial charge in [-0.2, -0.15) is 4.98 Å². The highest BCUT2D eigenvalue weighted by Crippen LogP contribution is 2.22. The lowest BCUT2D eigenvalue weighted by Gasteiger charge is -2.34. The molecule has 0 spiro atoms. The molecule has 1 aromatic heterocycles. The first kappa shape index (κ1) is 18.8. The second-order valence-electron chi connectivity index (χ2n) is 6.22. The van der Waals surface area contributed by atoms with Crippen molar-refractivity contribution in [3.05, 3.63) is 36.0 Å². The maximum Gasteiger partial charge on any atom is 0.409 e. The summed E-state index contributed by atoms with van der Waals surface area (Å²) in [4.78, 5) is 24.8. The van der Waals surface area contributed by atoms with Crippen LogP contribution >= 0.6 is 0 Å². The van der Waals surface area contributed by atoms with Crippen molar-refractivity contribution in [1.82, 2.24) is 14.9 Å². The fourth-order valence-corrected chi connectivity index (χ4v) is 2.91. The number of anilines is 3. The predicted molar refractivity (Wildman–Crippen MR) is 104 cm³/mol. The fraction of sp³-hybridized carbons (Fsp3) is 0.421. The average molecular weight is 371 g/mol. The molecular weight excluding hydrogens is 346 g/mol. The number of aromatic nitrogens is 2. The SMILES string of the molecule is CCOC(=O)N1CCN(c2nc(C)cc(Nc3cccc(OC)c3)n2)CC1. The van der Waals surface area contributed by atoms with E-state index in [0.717, 1.165) is 22.9 Å². The molecule has 1 aromatic carbocycles. The van der Waals surface area contributed by atoms with Gasteiger partial charge in [0.15, 0.2) is 0 Å². The molecule has 3 rings (SSSR count). The number of rotatable bonds is 5. The van der Waals surface area contributed by atoms with Crippen LogP contribution in [0, 0.1) is 6.92 Å². The molecular formula is C19H25N5O3. The Morgan fingerprint density at radius 2 is 1.96 bits per heavy atom. The van der Waals surface area contributed by atoms with Crippen LogP contribution in [-0.4, -0.2) is 60.9 Å². The van der Waals surface area contributed by atoms with Crippen LogP contribution in [0.2, 0.25) is 0 Å². The van der Waals surface area contributed by atoms with Crippen LogP contribution in [0.4, 0.5) is 22.2 Å². The lowest BCUT2D eigenvalue weighted by atomic mass is 10.3. The van der Waals surface area contributed by atoms with Gasteiger partial charge in [-0.25, -0.2) is 9.78 Å². The third-order valence-electron chi connectivity index (χ3n) is 4.27. The molecule has 8 heteroatoms. The number of nitrogens with zero attached hydrogens (tertiary/aromatic N) is 4. The van der Waals surface area contributed by atoms with Crippen molar-refractivity contribution in [2.45, 2.75) is 13.8 Å². The smallest absolute Gasteiger partial charge is 0.409 e. The highest BCUT2D eigenvalue weighted by Gasteiger charge is 2.23. The summed E-state index contributed by atoms with van der Waals surface area (Å²) in [6, 6.07) is 9.58. The van der Waals surface area contributed by atoms with E-state index in [0.29, 0.717) is 38.7 Å². The molecule has 1 aliphatic heterocycles. The second kappa shape index (κ2) is 8.57. The predicted octanol–water partition coefficient (Wildman–Crippen LogP) is 2.82. The molecule has 1 fully saturated rings. The average Bonchev–Trinajstić information content (AvgIpc) is 2.68. The summed E-state index contributed by atoms with van der Waals surface area (Å²) in [5.41, 5.74) is 1.77. The van der Waals surface area contributed by atoms with Crippen LogP contribution in [0.15, 0.2) is 30.3 Å². The van der Waals surface area contributed by atoms with Crippen LogP contribution in [0.3, 0.4) is 0 Å². The van der Waals surface area contributed by atoms with Crippen molar-refractivity contribution in [3.8, 4) is 5.75 Å². The first-order valence-corrected chi connectivity index (χ1v) is 9.02.